The summed E-state index contributed by atoms with van der Waals surface area (Å²) in [6.45, 7) is 0.0380. The average molecular weight is 545 g/mol. The highest BCUT2D eigenvalue weighted by atomic mass is 79.9. The number of anilines is 1. The summed E-state index contributed by atoms with van der Waals surface area (Å²) in [5.74, 6) is 2.67. The molecule has 9 nitrogen and oxygen atoms in total. The summed E-state index contributed by atoms with van der Waals surface area (Å²) in [5.41, 5.74) is 1.59. The van der Waals surface area contributed by atoms with Crippen LogP contribution >= 0.6 is 15.9 Å². The molecule has 11 heteroatoms. The summed E-state index contributed by atoms with van der Waals surface area (Å²) >= 11 is 3.15. The number of benzene rings is 3. The molecule has 0 aliphatic carbocycles. The number of halogens is 1. The number of nitro groups is 1. The van der Waals surface area contributed by atoms with Crippen molar-refractivity contribution in [1.82, 2.24) is 5.32 Å². The molecule has 176 valence electrons. The average Bonchev–Trinajstić information content (AvgIpc) is 2.79. The van der Waals surface area contributed by atoms with Crippen molar-refractivity contribution >= 4 is 54.7 Å². The van der Waals surface area contributed by atoms with E-state index in [1.807, 2.05) is 0 Å². The van der Waals surface area contributed by atoms with Crippen LogP contribution in [0.4, 0.5) is 11.4 Å². The summed E-state index contributed by atoms with van der Waals surface area (Å²) in [5, 5.41) is 22.0. The van der Waals surface area contributed by atoms with Crippen LogP contribution in [-0.4, -0.2) is 33.4 Å². The second-order valence-electron chi connectivity index (χ2n) is 7.27. The molecule has 0 heterocycles. The molecule has 2 amide bonds. The van der Waals surface area contributed by atoms with Crippen LogP contribution in [0.25, 0.3) is 11.1 Å². The number of amides is 2. The molecule has 34 heavy (non-hydrogen) atoms. The lowest BCUT2D eigenvalue weighted by Crippen LogP contribution is -2.27. The first-order valence-corrected chi connectivity index (χ1v) is 12.5. The molecular weight excluding hydrogens is 524 g/mol. The topological polar surface area (TPSA) is 144 Å². The fourth-order valence-electron chi connectivity index (χ4n) is 3.17. The number of nitrogens with two attached hydrogens (primary N) is 1. The van der Waals surface area contributed by atoms with Crippen molar-refractivity contribution in [2.24, 2.45) is 5.14 Å². The molecule has 1 unspecified atom stereocenters. The Labute approximate surface area is 204 Å². The van der Waals surface area contributed by atoms with Gasteiger partial charge in [0.05, 0.1) is 19.5 Å². The zero-order valence-electron chi connectivity index (χ0n) is 17.8. The van der Waals surface area contributed by atoms with E-state index < -0.39 is 20.5 Å². The zero-order chi connectivity index (χ0) is 24.9. The van der Waals surface area contributed by atoms with Gasteiger partial charge in [0.1, 0.15) is 5.69 Å². The highest BCUT2D eigenvalue weighted by Gasteiger charge is 2.17. The van der Waals surface area contributed by atoms with Gasteiger partial charge >= 0.3 is 0 Å². The van der Waals surface area contributed by atoms with E-state index in [0.717, 1.165) is 5.56 Å². The molecular formula is C23H21BrN4O5S. The van der Waals surface area contributed by atoms with Gasteiger partial charge in [-0.05, 0) is 47.3 Å². The molecule has 0 spiro atoms. The lowest BCUT2D eigenvalue weighted by atomic mass is 10.0. The van der Waals surface area contributed by atoms with Crippen LogP contribution in [0.5, 0.6) is 0 Å². The first kappa shape index (κ1) is 25.1. The van der Waals surface area contributed by atoms with Gasteiger partial charge in [-0.15, -0.1) is 0 Å². The largest absolute Gasteiger partial charge is 0.352 e. The number of nitro benzene ring substituents is 1. The van der Waals surface area contributed by atoms with Gasteiger partial charge in [0.25, 0.3) is 11.6 Å². The Kier molecular flexibility index (Phi) is 7.82. The van der Waals surface area contributed by atoms with E-state index in [0.29, 0.717) is 20.5 Å². The fraction of sp³-hybridized carbons (Fsp3) is 0.0870. The molecule has 4 N–H and O–H groups in total. The number of carbonyl (C=O) groups excluding carboxylic acids is 2. The van der Waals surface area contributed by atoms with Crippen molar-refractivity contribution in [1.29, 1.82) is 0 Å². The Bertz CT molecular complexity index is 1360. The van der Waals surface area contributed by atoms with Crippen molar-refractivity contribution in [2.75, 3.05) is 11.9 Å². The molecule has 0 bridgehead atoms. The predicted octanol–water partition coefficient (Wildman–Crippen LogP) is 3.73. The highest BCUT2D eigenvalue weighted by molar-refractivity contribution is 9.10. The number of nitrogens with one attached hydrogen (secondary N) is 2. The normalized spacial score (nSPS) is 12.4. The number of carbonyl (C=O) groups is 2. The van der Waals surface area contributed by atoms with Gasteiger partial charge in [0.15, 0.2) is 0 Å². The van der Waals surface area contributed by atoms with Crippen molar-refractivity contribution in [3.05, 3.63) is 86.9 Å². The van der Waals surface area contributed by atoms with Crippen molar-refractivity contribution in [3.8, 4) is 11.1 Å². The minimum absolute atomic E-state index is 0.0380. The van der Waals surface area contributed by atoms with E-state index in [9.17, 15) is 23.9 Å². The SMILES string of the molecule is C=S(N)(=O)c1ccccc1-c1ccc(C(=O)NCCC(=O)Nc2ccc(Br)cc2[N+](=O)[O-])cc1. The van der Waals surface area contributed by atoms with E-state index in [1.54, 1.807) is 54.6 Å². The molecule has 0 saturated carbocycles. The summed E-state index contributed by atoms with van der Waals surface area (Å²) in [6.07, 6.45) is -0.0707. The Morgan fingerprint density at radius 1 is 1.09 bits per heavy atom. The number of hydrogen-bond acceptors (Lipinski definition) is 5. The maximum absolute atomic E-state index is 12.4. The first-order chi connectivity index (χ1) is 16.1. The fourth-order valence-corrected chi connectivity index (χ4v) is 4.39. The number of hydrogen-bond donors (Lipinski definition) is 3. The molecule has 3 aromatic rings. The minimum Gasteiger partial charge on any atom is -0.352 e. The van der Waals surface area contributed by atoms with Gasteiger partial charge in [0.2, 0.25) is 5.91 Å². The maximum Gasteiger partial charge on any atom is 0.293 e. The standard InChI is InChI=1S/C23H21BrN4O5S/c1-34(25,33)21-5-3-2-4-18(21)15-6-8-16(9-7-15)23(30)26-13-12-22(29)27-19-11-10-17(24)14-20(19)28(31)32/h2-11,14H,1,12-13H2,(H2,25,33)(H,26,30)(H,27,29). The van der Waals surface area contributed by atoms with Crippen LogP contribution in [0, 0.1) is 10.1 Å². The lowest BCUT2D eigenvalue weighted by Gasteiger charge is -2.11. The summed E-state index contributed by atoms with van der Waals surface area (Å²) < 4.78 is 12.8. The molecule has 1 atom stereocenters. The van der Waals surface area contributed by atoms with Gasteiger partial charge < -0.3 is 10.6 Å². The molecule has 3 rings (SSSR count). The smallest absolute Gasteiger partial charge is 0.293 e. The van der Waals surface area contributed by atoms with E-state index in [4.69, 9.17) is 5.14 Å². The Hall–Kier alpha value is -3.54. The summed E-state index contributed by atoms with van der Waals surface area (Å²) in [7, 11) is -2.92. The van der Waals surface area contributed by atoms with E-state index >= 15 is 0 Å². The Morgan fingerprint density at radius 2 is 1.76 bits per heavy atom. The first-order valence-electron chi connectivity index (χ1n) is 9.93. The Morgan fingerprint density at radius 3 is 2.41 bits per heavy atom. The van der Waals surface area contributed by atoms with E-state index in [2.05, 4.69) is 32.4 Å². The highest BCUT2D eigenvalue weighted by Crippen LogP contribution is 2.28. The number of nitrogens with zero attached hydrogens (tertiary/aromatic N) is 1. The zero-order valence-corrected chi connectivity index (χ0v) is 20.2. The van der Waals surface area contributed by atoms with Crippen LogP contribution in [0.1, 0.15) is 16.8 Å². The van der Waals surface area contributed by atoms with Gasteiger partial charge in [0, 0.05) is 29.1 Å². The monoisotopic (exact) mass is 544 g/mol. The molecule has 0 fully saturated rings. The molecule has 3 aromatic carbocycles. The third-order valence-electron chi connectivity index (χ3n) is 4.79. The molecule has 0 aliphatic rings. The lowest BCUT2D eigenvalue weighted by molar-refractivity contribution is -0.384. The van der Waals surface area contributed by atoms with Gasteiger partial charge in [-0.2, -0.15) is 0 Å². The third-order valence-corrected chi connectivity index (χ3v) is 6.38. The molecule has 0 aliphatic heterocycles. The molecule has 0 radical (unpaired) electrons. The summed E-state index contributed by atoms with van der Waals surface area (Å²) in [4.78, 5) is 35.6. The van der Waals surface area contributed by atoms with Crippen molar-refractivity contribution in [3.63, 3.8) is 0 Å². The number of rotatable bonds is 8. The quantitative estimate of drug-likeness (QED) is 0.225. The Balaban J connectivity index is 1.60. The van der Waals surface area contributed by atoms with Crippen LogP contribution in [0.15, 0.2) is 76.1 Å². The van der Waals surface area contributed by atoms with Crippen molar-refractivity contribution < 1.29 is 18.7 Å². The van der Waals surface area contributed by atoms with E-state index in [-0.39, 0.29) is 30.2 Å². The molecule has 0 aromatic heterocycles. The van der Waals surface area contributed by atoms with Crippen LogP contribution < -0.4 is 15.8 Å². The molecule has 0 saturated heterocycles. The predicted molar refractivity (Wildman–Crippen MR) is 136 cm³/mol. The van der Waals surface area contributed by atoms with E-state index in [1.165, 1.54) is 12.1 Å². The third kappa shape index (κ3) is 6.28. The van der Waals surface area contributed by atoms with Crippen LogP contribution in [-0.2, 0) is 14.5 Å². The second kappa shape index (κ2) is 10.6. The van der Waals surface area contributed by atoms with Gasteiger partial charge in [-0.1, -0.05) is 46.3 Å². The van der Waals surface area contributed by atoms with Crippen LogP contribution in [0.2, 0.25) is 0 Å². The van der Waals surface area contributed by atoms with Crippen molar-refractivity contribution in [2.45, 2.75) is 11.3 Å². The van der Waals surface area contributed by atoms with Crippen LogP contribution in [0.3, 0.4) is 0 Å². The summed E-state index contributed by atoms with van der Waals surface area (Å²) in [6, 6.07) is 17.9. The second-order valence-corrected chi connectivity index (χ2v) is 10.1. The minimum atomic E-state index is -2.92. The van der Waals surface area contributed by atoms with Gasteiger partial charge in [-0.25, -0.2) is 4.21 Å². The van der Waals surface area contributed by atoms with Gasteiger partial charge in [-0.3, -0.25) is 24.8 Å². The maximum atomic E-state index is 12.4.